The van der Waals surface area contributed by atoms with Gasteiger partial charge < -0.3 is 15.0 Å². The molecule has 2 aliphatic heterocycles. The number of sulfonamides is 1. The number of hydrogen-bond donors (Lipinski definition) is 1. The minimum Gasteiger partial charge on any atom is -0.379 e. The second-order valence-electron chi connectivity index (χ2n) is 7.36. The zero-order chi connectivity index (χ0) is 21.1. The average molecular weight is 434 g/mol. The van der Waals surface area contributed by atoms with Gasteiger partial charge in [0.05, 0.1) is 23.7 Å². The van der Waals surface area contributed by atoms with Gasteiger partial charge in [-0.3, -0.25) is 4.79 Å². The van der Waals surface area contributed by atoms with Crippen molar-refractivity contribution in [2.24, 2.45) is 0 Å². The monoisotopic (exact) mass is 433 g/mol. The highest BCUT2D eigenvalue weighted by Crippen LogP contribution is 2.25. The zero-order valence-corrected chi connectivity index (χ0v) is 17.3. The number of hydrogen-bond acceptors (Lipinski definition) is 5. The van der Waals surface area contributed by atoms with Gasteiger partial charge in [0.2, 0.25) is 10.0 Å². The Balaban J connectivity index is 1.56. The lowest BCUT2D eigenvalue weighted by Gasteiger charge is -2.26. The van der Waals surface area contributed by atoms with Gasteiger partial charge in [0, 0.05) is 37.6 Å². The van der Waals surface area contributed by atoms with Crippen molar-refractivity contribution in [3.05, 3.63) is 53.8 Å². The number of benzene rings is 2. The van der Waals surface area contributed by atoms with Crippen LogP contribution in [0.5, 0.6) is 0 Å². The van der Waals surface area contributed by atoms with Crippen LogP contribution >= 0.6 is 0 Å². The summed E-state index contributed by atoms with van der Waals surface area (Å²) in [4.78, 5) is 14.8. The van der Waals surface area contributed by atoms with E-state index in [-0.39, 0.29) is 23.5 Å². The van der Waals surface area contributed by atoms with Crippen LogP contribution in [0.3, 0.4) is 0 Å². The molecule has 0 atom stereocenters. The summed E-state index contributed by atoms with van der Waals surface area (Å²) >= 11 is 0. The predicted octanol–water partition coefficient (Wildman–Crippen LogP) is 2.70. The third kappa shape index (κ3) is 4.33. The van der Waals surface area contributed by atoms with Crippen molar-refractivity contribution >= 4 is 27.3 Å². The number of morpholine rings is 1. The number of nitrogens with zero attached hydrogens (tertiary/aromatic N) is 2. The number of rotatable bonds is 5. The Morgan fingerprint density at radius 1 is 1.00 bits per heavy atom. The van der Waals surface area contributed by atoms with Crippen LogP contribution in [0.25, 0.3) is 0 Å². The highest BCUT2D eigenvalue weighted by Gasteiger charge is 2.28. The van der Waals surface area contributed by atoms with E-state index >= 15 is 0 Å². The van der Waals surface area contributed by atoms with Crippen molar-refractivity contribution < 1.29 is 22.3 Å². The fraction of sp³-hybridized carbons (Fsp3) is 0.381. The Morgan fingerprint density at radius 3 is 2.47 bits per heavy atom. The van der Waals surface area contributed by atoms with E-state index in [1.807, 2.05) is 18.2 Å². The molecule has 160 valence electrons. The van der Waals surface area contributed by atoms with E-state index in [1.165, 1.54) is 10.4 Å². The van der Waals surface area contributed by atoms with Crippen molar-refractivity contribution in [1.82, 2.24) is 4.31 Å². The van der Waals surface area contributed by atoms with Crippen LogP contribution in [-0.4, -0.2) is 58.0 Å². The first-order valence-corrected chi connectivity index (χ1v) is 11.4. The Hall–Kier alpha value is -2.49. The van der Waals surface area contributed by atoms with Crippen molar-refractivity contribution in [1.29, 1.82) is 0 Å². The lowest BCUT2D eigenvalue weighted by atomic mass is 10.2. The largest absolute Gasteiger partial charge is 0.379 e. The van der Waals surface area contributed by atoms with Crippen LogP contribution in [-0.2, 0) is 14.8 Å². The summed E-state index contributed by atoms with van der Waals surface area (Å²) in [5.74, 6) is -1.46. The van der Waals surface area contributed by atoms with Gasteiger partial charge in [-0.2, -0.15) is 4.31 Å². The molecule has 2 aliphatic rings. The van der Waals surface area contributed by atoms with Gasteiger partial charge in [-0.25, -0.2) is 12.8 Å². The Kier molecular flexibility index (Phi) is 6.03. The molecule has 0 radical (unpaired) electrons. The summed E-state index contributed by atoms with van der Waals surface area (Å²) in [7, 11) is -3.83. The molecular weight excluding hydrogens is 409 g/mol. The molecule has 2 saturated heterocycles. The molecule has 1 N–H and O–H groups in total. The first-order valence-electron chi connectivity index (χ1n) is 9.99. The number of nitrogens with one attached hydrogen (secondary N) is 1. The standard InChI is InChI=1S/C21H24FN3O4S/c22-20-7-6-18(30(27,28)25-10-12-29-13-11-25)15-19(20)21(26)23-16-4-3-5-17(14-16)24-8-1-2-9-24/h3-7,14-15H,1-2,8-13H2,(H,23,26). The zero-order valence-electron chi connectivity index (χ0n) is 16.5. The molecule has 2 aromatic rings. The van der Waals surface area contributed by atoms with Crippen LogP contribution in [0.1, 0.15) is 23.2 Å². The van der Waals surface area contributed by atoms with E-state index < -0.39 is 21.7 Å². The molecule has 0 saturated carbocycles. The molecular formula is C21H24FN3O4S. The van der Waals surface area contributed by atoms with E-state index in [9.17, 15) is 17.6 Å². The quantitative estimate of drug-likeness (QED) is 0.785. The molecule has 0 unspecified atom stereocenters. The van der Waals surface area contributed by atoms with Crippen molar-refractivity contribution in [3.63, 3.8) is 0 Å². The molecule has 9 heteroatoms. The molecule has 0 aliphatic carbocycles. The summed E-state index contributed by atoms with van der Waals surface area (Å²) in [5.41, 5.74) is 1.22. The molecule has 7 nitrogen and oxygen atoms in total. The number of carbonyl (C=O) groups excluding carboxylic acids is 1. The first-order chi connectivity index (χ1) is 14.4. The highest BCUT2D eigenvalue weighted by molar-refractivity contribution is 7.89. The second kappa shape index (κ2) is 8.71. The maximum atomic E-state index is 14.4. The normalized spacial score (nSPS) is 17.8. The molecule has 0 spiro atoms. The van der Waals surface area contributed by atoms with Gasteiger partial charge in [-0.1, -0.05) is 6.07 Å². The van der Waals surface area contributed by atoms with E-state index in [1.54, 1.807) is 6.07 Å². The van der Waals surface area contributed by atoms with Crippen LogP contribution in [0, 0.1) is 5.82 Å². The number of halogens is 1. The predicted molar refractivity (Wildman–Crippen MR) is 112 cm³/mol. The summed E-state index contributed by atoms with van der Waals surface area (Å²) in [5, 5.41) is 2.69. The molecule has 2 aromatic carbocycles. The number of ether oxygens (including phenoxy) is 1. The van der Waals surface area contributed by atoms with Gasteiger partial charge in [-0.15, -0.1) is 0 Å². The summed E-state index contributed by atoms with van der Waals surface area (Å²) in [6, 6.07) is 10.7. The van der Waals surface area contributed by atoms with Gasteiger partial charge in [-0.05, 0) is 49.2 Å². The fourth-order valence-electron chi connectivity index (χ4n) is 3.73. The summed E-state index contributed by atoms with van der Waals surface area (Å²) < 4.78 is 46.5. The van der Waals surface area contributed by atoms with Gasteiger partial charge in [0.15, 0.2) is 0 Å². The van der Waals surface area contributed by atoms with E-state index in [0.29, 0.717) is 18.9 Å². The fourth-order valence-corrected chi connectivity index (χ4v) is 5.16. The summed E-state index contributed by atoms with van der Waals surface area (Å²) in [6.07, 6.45) is 2.26. The average Bonchev–Trinajstić information content (AvgIpc) is 3.30. The Labute approximate surface area is 175 Å². The van der Waals surface area contributed by atoms with E-state index in [2.05, 4.69) is 10.2 Å². The molecule has 0 bridgehead atoms. The molecule has 2 heterocycles. The molecule has 30 heavy (non-hydrogen) atoms. The maximum absolute atomic E-state index is 14.4. The van der Waals surface area contributed by atoms with E-state index in [4.69, 9.17) is 4.74 Å². The number of anilines is 2. The van der Waals surface area contributed by atoms with Crippen molar-refractivity contribution in [2.45, 2.75) is 17.7 Å². The third-order valence-corrected chi connectivity index (χ3v) is 7.26. The number of carbonyl (C=O) groups is 1. The number of amides is 1. The minimum absolute atomic E-state index is 0.109. The first kappa shape index (κ1) is 20.8. The SMILES string of the molecule is O=C(Nc1cccc(N2CCCC2)c1)c1cc(S(=O)(=O)N2CCOCC2)ccc1F. The lowest BCUT2D eigenvalue weighted by molar-refractivity contribution is 0.0730. The van der Waals surface area contributed by atoms with Crippen molar-refractivity contribution in [3.8, 4) is 0 Å². The Morgan fingerprint density at radius 2 is 1.73 bits per heavy atom. The molecule has 4 rings (SSSR count). The smallest absolute Gasteiger partial charge is 0.258 e. The Bertz CT molecular complexity index is 1030. The molecule has 1 amide bonds. The molecule has 0 aromatic heterocycles. The maximum Gasteiger partial charge on any atom is 0.258 e. The third-order valence-electron chi connectivity index (χ3n) is 5.37. The second-order valence-corrected chi connectivity index (χ2v) is 9.29. The summed E-state index contributed by atoms with van der Waals surface area (Å²) in [6.45, 7) is 3.00. The van der Waals surface area contributed by atoms with Crippen LogP contribution in [0.15, 0.2) is 47.4 Å². The lowest BCUT2D eigenvalue weighted by Crippen LogP contribution is -2.40. The highest BCUT2D eigenvalue weighted by atomic mass is 32.2. The van der Waals surface area contributed by atoms with Crippen LogP contribution in [0.2, 0.25) is 0 Å². The van der Waals surface area contributed by atoms with Gasteiger partial charge in [0.1, 0.15) is 5.82 Å². The van der Waals surface area contributed by atoms with Crippen LogP contribution < -0.4 is 10.2 Å². The minimum atomic E-state index is -3.83. The van der Waals surface area contributed by atoms with Crippen LogP contribution in [0.4, 0.5) is 15.8 Å². The van der Waals surface area contributed by atoms with Crippen molar-refractivity contribution in [2.75, 3.05) is 49.6 Å². The topological polar surface area (TPSA) is 79.0 Å². The van der Waals surface area contributed by atoms with Gasteiger partial charge in [0.25, 0.3) is 5.91 Å². The van der Waals surface area contributed by atoms with E-state index in [0.717, 1.165) is 43.8 Å². The van der Waals surface area contributed by atoms with Gasteiger partial charge >= 0.3 is 0 Å². The molecule has 2 fully saturated rings.